The zero-order chi connectivity index (χ0) is 19.6. The van der Waals surface area contributed by atoms with Gasteiger partial charge in [-0.15, -0.1) is 0 Å². The van der Waals surface area contributed by atoms with Crippen molar-refractivity contribution < 1.29 is 19.4 Å². The van der Waals surface area contributed by atoms with Crippen molar-refractivity contribution in [1.29, 1.82) is 0 Å². The Balaban J connectivity index is 1.47. The second kappa shape index (κ2) is 8.09. The highest BCUT2D eigenvalue weighted by molar-refractivity contribution is 5.99. The lowest BCUT2D eigenvalue weighted by Crippen LogP contribution is -2.52. The number of benzene rings is 1. The summed E-state index contributed by atoms with van der Waals surface area (Å²) in [6.07, 6.45) is 3.88. The number of carbonyl (C=O) groups excluding carboxylic acids is 1. The van der Waals surface area contributed by atoms with Crippen LogP contribution >= 0.6 is 0 Å². The molecule has 0 radical (unpaired) electrons. The van der Waals surface area contributed by atoms with Gasteiger partial charge in [-0.3, -0.25) is 9.69 Å². The molecule has 2 saturated heterocycles. The first-order valence-corrected chi connectivity index (χ1v) is 10.3. The molecule has 1 aromatic carbocycles. The van der Waals surface area contributed by atoms with Crippen LogP contribution in [-0.4, -0.2) is 67.4 Å². The molecule has 152 valence electrons. The summed E-state index contributed by atoms with van der Waals surface area (Å²) >= 11 is 0. The van der Waals surface area contributed by atoms with Gasteiger partial charge in [-0.2, -0.15) is 0 Å². The van der Waals surface area contributed by atoms with Crippen molar-refractivity contribution in [2.24, 2.45) is 0 Å². The monoisotopic (exact) mass is 387 g/mol. The molecule has 1 atom stereocenters. The normalized spacial score (nSPS) is 25.2. The molecule has 3 fully saturated rings. The first-order chi connectivity index (χ1) is 13.6. The maximum absolute atomic E-state index is 12.7. The number of amides is 2. The molecule has 3 aliphatic rings. The van der Waals surface area contributed by atoms with E-state index in [0.717, 1.165) is 45.0 Å². The van der Waals surface area contributed by atoms with Crippen molar-refractivity contribution in [3.05, 3.63) is 29.8 Å². The number of ether oxygens (including phenoxy) is 1. The van der Waals surface area contributed by atoms with Crippen LogP contribution in [0.4, 0.5) is 10.5 Å². The van der Waals surface area contributed by atoms with Gasteiger partial charge in [0, 0.05) is 37.3 Å². The van der Waals surface area contributed by atoms with Crippen molar-refractivity contribution in [2.75, 3.05) is 44.3 Å². The highest BCUT2D eigenvalue weighted by atomic mass is 16.5. The fourth-order valence-electron chi connectivity index (χ4n) is 4.74. The Morgan fingerprint density at radius 2 is 1.86 bits per heavy atom. The number of nitrogens with one attached hydrogen (secondary N) is 1. The second-order valence-electron chi connectivity index (χ2n) is 8.20. The van der Waals surface area contributed by atoms with Crippen molar-refractivity contribution in [2.45, 2.75) is 43.6 Å². The minimum Gasteiger partial charge on any atom is -0.465 e. The van der Waals surface area contributed by atoms with Gasteiger partial charge in [0.05, 0.1) is 13.2 Å². The molecule has 2 N–H and O–H groups in total. The molecule has 7 heteroatoms. The second-order valence-corrected chi connectivity index (χ2v) is 8.20. The molecule has 28 heavy (non-hydrogen) atoms. The number of anilines is 1. The van der Waals surface area contributed by atoms with E-state index in [1.54, 1.807) is 4.90 Å². The number of rotatable bonds is 5. The lowest BCUT2D eigenvalue weighted by Gasteiger charge is -2.46. The quantitative estimate of drug-likeness (QED) is 0.810. The molecule has 2 amide bonds. The summed E-state index contributed by atoms with van der Waals surface area (Å²) in [6.45, 7) is 5.34. The number of carbonyl (C=O) groups is 2. The third kappa shape index (κ3) is 3.86. The third-order valence-corrected chi connectivity index (χ3v) is 6.47. The molecular formula is C21H29N3O4. The maximum atomic E-state index is 12.7. The lowest BCUT2D eigenvalue weighted by molar-refractivity contribution is -0.121. The molecule has 7 nitrogen and oxygen atoms in total. The first kappa shape index (κ1) is 19.2. The van der Waals surface area contributed by atoms with Crippen molar-refractivity contribution in [1.82, 2.24) is 10.2 Å². The van der Waals surface area contributed by atoms with E-state index in [1.807, 2.05) is 12.1 Å². The Bertz CT molecular complexity index is 711. The molecule has 1 aliphatic carbocycles. The van der Waals surface area contributed by atoms with Crippen LogP contribution in [0.25, 0.3) is 0 Å². The number of nitrogens with zero attached hydrogens (tertiary/aromatic N) is 2. The minimum atomic E-state index is -1.15. The Kier molecular flexibility index (Phi) is 5.55. The molecule has 4 rings (SSSR count). The van der Waals surface area contributed by atoms with E-state index in [0.29, 0.717) is 13.0 Å². The van der Waals surface area contributed by atoms with Crippen molar-refractivity contribution >= 4 is 17.7 Å². The number of morpholine rings is 1. The van der Waals surface area contributed by atoms with Crippen LogP contribution in [0.15, 0.2) is 24.3 Å². The Morgan fingerprint density at radius 3 is 2.46 bits per heavy atom. The van der Waals surface area contributed by atoms with Crippen molar-refractivity contribution in [3.8, 4) is 0 Å². The standard InChI is InChI=1S/C21H29N3O4/c25-19-18(22-20(26)27)3-1-10-24(19)17-6-4-16(5-7-17)21(8-2-9-21)15-23-11-13-28-14-12-23/h4-7,18,22H,1-3,8-15H2,(H,26,27). The summed E-state index contributed by atoms with van der Waals surface area (Å²) in [5.41, 5.74) is 2.42. The Morgan fingerprint density at radius 1 is 1.14 bits per heavy atom. The number of carboxylic acid groups (broad SMARTS) is 1. The molecule has 0 aromatic heterocycles. The van der Waals surface area contributed by atoms with Gasteiger partial charge in [0.15, 0.2) is 0 Å². The molecule has 1 unspecified atom stereocenters. The van der Waals surface area contributed by atoms with Gasteiger partial charge in [-0.25, -0.2) is 4.79 Å². The highest BCUT2D eigenvalue weighted by Gasteiger charge is 2.40. The third-order valence-electron chi connectivity index (χ3n) is 6.47. The average Bonchev–Trinajstić information content (AvgIpc) is 2.67. The van der Waals surface area contributed by atoms with Crippen LogP contribution in [0.2, 0.25) is 0 Å². The SMILES string of the molecule is O=C(O)NC1CCCN(c2ccc(C3(CN4CCOCC4)CCC3)cc2)C1=O. The first-order valence-electron chi connectivity index (χ1n) is 10.3. The van der Waals surface area contributed by atoms with Crippen LogP contribution in [0.3, 0.4) is 0 Å². The average molecular weight is 387 g/mol. The lowest BCUT2D eigenvalue weighted by atomic mass is 9.64. The fraction of sp³-hybridized carbons (Fsp3) is 0.619. The molecule has 1 saturated carbocycles. The maximum Gasteiger partial charge on any atom is 0.405 e. The number of hydrogen-bond acceptors (Lipinski definition) is 4. The summed E-state index contributed by atoms with van der Waals surface area (Å²) in [7, 11) is 0. The van der Waals surface area contributed by atoms with Gasteiger partial charge in [0.2, 0.25) is 5.91 Å². The zero-order valence-corrected chi connectivity index (χ0v) is 16.2. The molecule has 2 heterocycles. The number of piperidine rings is 1. The van der Waals surface area contributed by atoms with E-state index in [2.05, 4.69) is 22.3 Å². The molecular weight excluding hydrogens is 358 g/mol. The van der Waals surface area contributed by atoms with Gasteiger partial charge in [0.1, 0.15) is 6.04 Å². The Hall–Kier alpha value is -2.12. The summed E-state index contributed by atoms with van der Waals surface area (Å²) in [6, 6.07) is 7.73. The van der Waals surface area contributed by atoms with Crippen LogP contribution < -0.4 is 10.2 Å². The van der Waals surface area contributed by atoms with E-state index < -0.39 is 12.1 Å². The molecule has 2 aliphatic heterocycles. The fourth-order valence-corrected chi connectivity index (χ4v) is 4.74. The summed E-state index contributed by atoms with van der Waals surface area (Å²) in [4.78, 5) is 27.8. The smallest absolute Gasteiger partial charge is 0.405 e. The van der Waals surface area contributed by atoms with E-state index in [1.165, 1.54) is 24.8 Å². The molecule has 0 bridgehead atoms. The van der Waals surface area contributed by atoms with Gasteiger partial charge in [-0.1, -0.05) is 18.6 Å². The van der Waals surface area contributed by atoms with Crippen molar-refractivity contribution in [3.63, 3.8) is 0 Å². The van der Waals surface area contributed by atoms with E-state index >= 15 is 0 Å². The summed E-state index contributed by atoms with van der Waals surface area (Å²) in [5, 5.41) is 11.3. The van der Waals surface area contributed by atoms with Crippen LogP contribution in [0, 0.1) is 0 Å². The summed E-state index contributed by atoms with van der Waals surface area (Å²) in [5.74, 6) is -0.159. The molecule has 0 spiro atoms. The summed E-state index contributed by atoms with van der Waals surface area (Å²) < 4.78 is 5.48. The topological polar surface area (TPSA) is 82.1 Å². The van der Waals surface area contributed by atoms with Gasteiger partial charge in [0.25, 0.3) is 0 Å². The van der Waals surface area contributed by atoms with Crippen LogP contribution in [0.5, 0.6) is 0 Å². The largest absolute Gasteiger partial charge is 0.465 e. The highest BCUT2D eigenvalue weighted by Crippen LogP contribution is 2.45. The zero-order valence-electron chi connectivity index (χ0n) is 16.2. The van der Waals surface area contributed by atoms with Gasteiger partial charge < -0.3 is 20.1 Å². The van der Waals surface area contributed by atoms with Gasteiger partial charge >= 0.3 is 6.09 Å². The predicted octanol–water partition coefficient (Wildman–Crippen LogP) is 2.20. The molecule has 1 aromatic rings. The number of hydrogen-bond donors (Lipinski definition) is 2. The Labute approximate surface area is 165 Å². The van der Waals surface area contributed by atoms with Gasteiger partial charge in [-0.05, 0) is 43.4 Å². The van der Waals surface area contributed by atoms with E-state index in [4.69, 9.17) is 9.84 Å². The minimum absolute atomic E-state index is 0.159. The van der Waals surface area contributed by atoms with E-state index in [-0.39, 0.29) is 11.3 Å². The van der Waals surface area contributed by atoms with Crippen LogP contribution in [-0.2, 0) is 14.9 Å². The predicted molar refractivity (Wildman–Crippen MR) is 106 cm³/mol. The van der Waals surface area contributed by atoms with E-state index in [9.17, 15) is 9.59 Å². The van der Waals surface area contributed by atoms with Crippen LogP contribution in [0.1, 0.15) is 37.7 Å².